The highest BCUT2D eigenvalue weighted by Gasteiger charge is 2.26. The minimum absolute atomic E-state index is 0.0523. The molecule has 0 aromatic rings. The van der Waals surface area contributed by atoms with E-state index in [1.807, 2.05) is 0 Å². The standard InChI is InChI=1S/C43H82NO8P/c1-3-5-7-9-11-13-15-17-19-20-22-24-26-28-30-32-34-36-43(46)52-41(40-51-53(47,48)50-38-37-44)39-49-42(45)35-33-31-29-27-25-23-21-18-16-14-12-10-8-6-4-2/h13,15,23,25,41H,3-12,14,16-22,24,26-40,44H2,1-2H3,(H,47,48)/b15-13+,25-23+/t41-/m1/s1. The molecule has 0 aliphatic heterocycles. The van der Waals surface area contributed by atoms with Crippen LogP contribution in [-0.4, -0.2) is 49.3 Å². The number of phosphoric ester groups is 1. The molecule has 0 amide bonds. The molecule has 0 aromatic carbocycles. The largest absolute Gasteiger partial charge is 0.472 e. The van der Waals surface area contributed by atoms with Gasteiger partial charge in [0.05, 0.1) is 13.2 Å². The molecule has 0 fully saturated rings. The number of carbonyl (C=O) groups excluding carboxylic acids is 2. The summed E-state index contributed by atoms with van der Waals surface area (Å²) < 4.78 is 32.8. The molecule has 0 aromatic heterocycles. The second-order valence-corrected chi connectivity index (χ2v) is 16.0. The van der Waals surface area contributed by atoms with Crippen molar-refractivity contribution in [2.75, 3.05) is 26.4 Å². The number of phosphoric acid groups is 1. The molecule has 9 nitrogen and oxygen atoms in total. The summed E-state index contributed by atoms with van der Waals surface area (Å²) in [5.74, 6) is -0.844. The van der Waals surface area contributed by atoms with Crippen LogP contribution in [0.1, 0.15) is 206 Å². The zero-order valence-corrected chi connectivity index (χ0v) is 35.2. The Kier molecular flexibility index (Phi) is 39.0. The molecule has 1 unspecified atom stereocenters. The molecule has 0 spiro atoms. The number of allylic oxidation sites excluding steroid dienone is 4. The number of hydrogen-bond acceptors (Lipinski definition) is 8. The van der Waals surface area contributed by atoms with Crippen LogP contribution in [0.2, 0.25) is 0 Å². The summed E-state index contributed by atoms with van der Waals surface area (Å²) >= 11 is 0. The molecular formula is C43H82NO8P. The minimum atomic E-state index is -4.38. The van der Waals surface area contributed by atoms with Gasteiger partial charge < -0.3 is 20.1 Å². The van der Waals surface area contributed by atoms with Crippen LogP contribution in [0, 0.1) is 0 Å². The third-order valence-corrected chi connectivity index (χ3v) is 10.3. The van der Waals surface area contributed by atoms with E-state index in [2.05, 4.69) is 38.2 Å². The Morgan fingerprint density at radius 2 is 0.925 bits per heavy atom. The van der Waals surface area contributed by atoms with Crippen molar-refractivity contribution in [2.24, 2.45) is 5.73 Å². The van der Waals surface area contributed by atoms with E-state index < -0.39 is 32.5 Å². The first-order chi connectivity index (χ1) is 25.8. The highest BCUT2D eigenvalue weighted by Crippen LogP contribution is 2.43. The Bertz CT molecular complexity index is 928. The van der Waals surface area contributed by atoms with Gasteiger partial charge in [-0.05, 0) is 64.2 Å². The molecule has 10 heteroatoms. The van der Waals surface area contributed by atoms with Gasteiger partial charge in [0.15, 0.2) is 6.10 Å². The lowest BCUT2D eigenvalue weighted by Crippen LogP contribution is -2.29. The molecule has 0 saturated carbocycles. The summed E-state index contributed by atoms with van der Waals surface area (Å²) in [4.78, 5) is 34.8. The van der Waals surface area contributed by atoms with E-state index in [0.717, 1.165) is 44.9 Å². The monoisotopic (exact) mass is 772 g/mol. The van der Waals surface area contributed by atoms with E-state index in [9.17, 15) is 19.0 Å². The lowest BCUT2D eigenvalue weighted by molar-refractivity contribution is -0.161. The van der Waals surface area contributed by atoms with Gasteiger partial charge in [-0.3, -0.25) is 18.6 Å². The SMILES string of the molecule is CCCCCC/C=C/CCCCCCCCCCCC(=O)O[C@H](COC(=O)CCCCC/C=C/CCCCCCCCCC)COP(=O)(O)OCCN. The predicted molar refractivity (Wildman–Crippen MR) is 220 cm³/mol. The van der Waals surface area contributed by atoms with Crippen molar-refractivity contribution in [3.63, 3.8) is 0 Å². The second kappa shape index (κ2) is 40.2. The smallest absolute Gasteiger partial charge is 0.462 e. The van der Waals surface area contributed by atoms with Crippen LogP contribution >= 0.6 is 7.82 Å². The van der Waals surface area contributed by atoms with Gasteiger partial charge in [0, 0.05) is 19.4 Å². The number of unbranched alkanes of at least 4 members (excludes halogenated alkanes) is 24. The Morgan fingerprint density at radius 3 is 1.38 bits per heavy atom. The van der Waals surface area contributed by atoms with E-state index in [-0.39, 0.29) is 32.6 Å². The maximum atomic E-state index is 12.6. The number of esters is 2. The van der Waals surface area contributed by atoms with Gasteiger partial charge in [-0.1, -0.05) is 154 Å². The van der Waals surface area contributed by atoms with Gasteiger partial charge in [-0.25, -0.2) is 4.57 Å². The first kappa shape index (κ1) is 51.5. The summed E-state index contributed by atoms with van der Waals surface area (Å²) in [6, 6.07) is 0. The average molecular weight is 772 g/mol. The molecule has 0 heterocycles. The molecule has 0 saturated heterocycles. The van der Waals surface area contributed by atoms with E-state index in [4.69, 9.17) is 24.3 Å². The lowest BCUT2D eigenvalue weighted by Gasteiger charge is -2.19. The van der Waals surface area contributed by atoms with Crippen LogP contribution in [-0.2, 0) is 32.7 Å². The minimum Gasteiger partial charge on any atom is -0.462 e. The number of ether oxygens (including phenoxy) is 2. The van der Waals surface area contributed by atoms with Crippen LogP contribution in [0.3, 0.4) is 0 Å². The van der Waals surface area contributed by atoms with Gasteiger partial charge in [0.1, 0.15) is 6.61 Å². The third-order valence-electron chi connectivity index (χ3n) is 9.31. The van der Waals surface area contributed by atoms with Crippen molar-refractivity contribution in [1.82, 2.24) is 0 Å². The molecule has 0 aliphatic rings. The fourth-order valence-corrected chi connectivity index (χ4v) is 6.80. The number of rotatable bonds is 41. The van der Waals surface area contributed by atoms with Crippen molar-refractivity contribution in [3.05, 3.63) is 24.3 Å². The van der Waals surface area contributed by atoms with Crippen molar-refractivity contribution in [3.8, 4) is 0 Å². The molecule has 53 heavy (non-hydrogen) atoms. The normalized spacial score (nSPS) is 13.5. The molecule has 0 radical (unpaired) electrons. The van der Waals surface area contributed by atoms with Crippen molar-refractivity contribution < 1.29 is 37.6 Å². The van der Waals surface area contributed by atoms with Gasteiger partial charge >= 0.3 is 19.8 Å². The summed E-state index contributed by atoms with van der Waals surface area (Å²) in [5, 5.41) is 0. The Labute approximate surface area is 325 Å². The highest BCUT2D eigenvalue weighted by molar-refractivity contribution is 7.47. The van der Waals surface area contributed by atoms with Gasteiger partial charge in [0.2, 0.25) is 0 Å². The fourth-order valence-electron chi connectivity index (χ4n) is 6.04. The Balaban J connectivity index is 4.16. The van der Waals surface area contributed by atoms with E-state index in [1.54, 1.807) is 0 Å². The third kappa shape index (κ3) is 40.0. The summed E-state index contributed by atoms with van der Waals surface area (Å²) in [6.45, 7) is 3.71. The molecular weight excluding hydrogens is 689 g/mol. The van der Waals surface area contributed by atoms with Crippen LogP contribution in [0.25, 0.3) is 0 Å². The maximum absolute atomic E-state index is 12.6. The lowest BCUT2D eigenvalue weighted by atomic mass is 10.1. The van der Waals surface area contributed by atoms with Crippen molar-refractivity contribution in [2.45, 2.75) is 213 Å². The molecule has 0 rings (SSSR count). The van der Waals surface area contributed by atoms with Crippen molar-refractivity contribution in [1.29, 1.82) is 0 Å². The molecule has 2 atom stereocenters. The molecule has 0 aliphatic carbocycles. The van der Waals surface area contributed by atoms with Crippen LogP contribution in [0.4, 0.5) is 0 Å². The van der Waals surface area contributed by atoms with E-state index >= 15 is 0 Å². The highest BCUT2D eigenvalue weighted by atomic mass is 31.2. The topological polar surface area (TPSA) is 134 Å². The van der Waals surface area contributed by atoms with Gasteiger partial charge in [-0.2, -0.15) is 0 Å². The average Bonchev–Trinajstić information content (AvgIpc) is 3.14. The van der Waals surface area contributed by atoms with E-state index in [0.29, 0.717) is 12.8 Å². The second-order valence-electron chi connectivity index (χ2n) is 14.6. The van der Waals surface area contributed by atoms with E-state index in [1.165, 1.54) is 122 Å². The maximum Gasteiger partial charge on any atom is 0.472 e. The first-order valence-corrected chi connectivity index (χ1v) is 23.3. The van der Waals surface area contributed by atoms with Crippen LogP contribution in [0.15, 0.2) is 24.3 Å². The first-order valence-electron chi connectivity index (χ1n) is 21.8. The molecule has 3 N–H and O–H groups in total. The number of hydrogen-bond donors (Lipinski definition) is 2. The van der Waals surface area contributed by atoms with Crippen molar-refractivity contribution >= 4 is 19.8 Å². The summed E-state index contributed by atoms with van der Waals surface area (Å²) in [7, 11) is -4.38. The summed E-state index contributed by atoms with van der Waals surface area (Å²) in [6.07, 6.45) is 42.0. The fraction of sp³-hybridized carbons (Fsp3) is 0.860. The Hall–Kier alpha value is -1.51. The predicted octanol–water partition coefficient (Wildman–Crippen LogP) is 12.4. The van der Waals surface area contributed by atoms with Gasteiger partial charge in [0.25, 0.3) is 0 Å². The molecule has 0 bridgehead atoms. The summed E-state index contributed by atoms with van der Waals surface area (Å²) in [5.41, 5.74) is 5.34. The quantitative estimate of drug-likeness (QED) is 0.0269. The molecule has 312 valence electrons. The number of carbonyl (C=O) groups is 2. The number of nitrogens with two attached hydrogens (primary N) is 1. The zero-order valence-electron chi connectivity index (χ0n) is 34.3. The Morgan fingerprint density at radius 1 is 0.547 bits per heavy atom. The van der Waals surface area contributed by atoms with Gasteiger partial charge in [-0.15, -0.1) is 0 Å². The zero-order chi connectivity index (χ0) is 38.9. The van der Waals surface area contributed by atoms with Crippen LogP contribution < -0.4 is 5.73 Å². The van der Waals surface area contributed by atoms with Crippen LogP contribution in [0.5, 0.6) is 0 Å².